The Kier molecular flexibility index (Phi) is 17.4. The lowest BCUT2D eigenvalue weighted by atomic mass is 9.81. The number of carboxylic acids is 1. The number of carbonyl (C=O) groups is 5. The quantitative estimate of drug-likeness (QED) is 0.0964. The van der Waals surface area contributed by atoms with Crippen LogP contribution in [-0.2, 0) is 32.3 Å². The average molecular weight is 1090 g/mol. The minimum atomic E-state index is -5.08. The fourth-order valence-electron chi connectivity index (χ4n) is 9.99. The van der Waals surface area contributed by atoms with E-state index in [0.717, 1.165) is 54.0 Å². The van der Waals surface area contributed by atoms with Gasteiger partial charge >= 0.3 is 12.1 Å². The third-order valence-electron chi connectivity index (χ3n) is 14.4. The summed E-state index contributed by atoms with van der Waals surface area (Å²) in [6.07, 6.45) is -0.774. The van der Waals surface area contributed by atoms with E-state index < -0.39 is 65.4 Å². The zero-order valence-electron chi connectivity index (χ0n) is 41.6. The lowest BCUT2D eigenvalue weighted by molar-refractivity contribution is -0.192. The van der Waals surface area contributed by atoms with Crippen LogP contribution >= 0.6 is 11.3 Å². The first-order valence-corrected chi connectivity index (χ1v) is 25.9. The molecular formula is C50H58F7N9O9S. The SMILES string of the molecule is CN[C@@H](C)C(=O)N[C@H](C(=O)N1CCN(C(=O)c2cc3cc(F)c(F)cc3n2CC(=O)N2CCC[C@H]2COc2cc(CN3CCC(Oc4ccnc5ccsc45)CC3)on2)CC1)C1CCC(F)(F)CC1.O=C(O)C(F)(F)F. The molecule has 4 aliphatic rings. The van der Waals surface area contributed by atoms with Gasteiger partial charge in [-0.25, -0.2) is 22.4 Å². The molecular weight excluding hydrogens is 1040 g/mol. The number of halogens is 7. The van der Waals surface area contributed by atoms with Crippen molar-refractivity contribution in [2.45, 2.75) is 108 Å². The number of hydrogen-bond donors (Lipinski definition) is 3. The number of likely N-dealkylation sites (N-methyl/N-ethyl adjacent to an activating group) is 1. The standard InChI is InChI=1S/C48H57F4N9O7S.C2HF3O2/c1-29(53-2)45(63)55-43(30-5-11-48(51,52)12-6-30)47(65)59-19-17-58(18-20-59)46(64)39-23-31-22-35(49)36(50)25-38(31)61(39)27-42(62)60-14-3-4-32(60)28-66-41-24-34(68-56-41)26-57-15-8-33(9-16-57)67-40-7-13-54-37-10-21-69-44(37)40;3-2(4,5)1(6)7/h7,10,13,21-25,29-30,32-33,43,53H,3-6,8-9,11-12,14-20,26-28H2,1-2H3,(H,55,63);(H,6,7)/t29-,32-,43-;/m0./s1. The Balaban J connectivity index is 0.00000102. The lowest BCUT2D eigenvalue weighted by Gasteiger charge is -2.40. The van der Waals surface area contributed by atoms with Gasteiger partial charge in [-0.2, -0.15) is 13.2 Å². The van der Waals surface area contributed by atoms with Crippen molar-refractivity contribution in [3.8, 4) is 11.6 Å². The number of fused-ring (bicyclic) bond motifs is 2. The molecule has 3 atom stereocenters. The molecule has 5 aromatic rings. The van der Waals surface area contributed by atoms with Gasteiger partial charge in [-0.15, -0.1) is 11.3 Å². The summed E-state index contributed by atoms with van der Waals surface area (Å²) in [6.45, 7) is 4.38. The van der Waals surface area contributed by atoms with E-state index in [-0.39, 0.29) is 99.7 Å². The van der Waals surface area contributed by atoms with E-state index >= 15 is 0 Å². The summed E-state index contributed by atoms with van der Waals surface area (Å²) in [5.74, 6) is -8.18. The number of aromatic nitrogens is 3. The van der Waals surface area contributed by atoms with Gasteiger partial charge in [-0.1, -0.05) is 0 Å². The van der Waals surface area contributed by atoms with Crippen LogP contribution in [0.3, 0.4) is 0 Å². The van der Waals surface area contributed by atoms with Crippen molar-refractivity contribution < 1.29 is 73.8 Å². The fraction of sp³-hybridized carbons (Fsp3) is 0.540. The highest BCUT2D eigenvalue weighted by Crippen LogP contribution is 2.38. The molecule has 18 nitrogen and oxygen atoms in total. The maximum Gasteiger partial charge on any atom is 0.490 e. The second kappa shape index (κ2) is 23.8. The Bertz CT molecular complexity index is 2870. The molecule has 3 aliphatic heterocycles. The Morgan fingerprint density at radius 2 is 1.61 bits per heavy atom. The Morgan fingerprint density at radius 3 is 2.29 bits per heavy atom. The van der Waals surface area contributed by atoms with Crippen molar-refractivity contribution in [3.63, 3.8) is 0 Å². The van der Waals surface area contributed by atoms with E-state index in [1.807, 2.05) is 17.5 Å². The maximum absolute atomic E-state index is 14.8. The first-order chi connectivity index (χ1) is 36.2. The summed E-state index contributed by atoms with van der Waals surface area (Å²) in [5.41, 5.74) is 1.15. The number of carboxylic acid groups (broad SMARTS) is 1. The van der Waals surface area contributed by atoms with Crippen LogP contribution in [0.15, 0.2) is 52.5 Å². The van der Waals surface area contributed by atoms with Crippen molar-refractivity contribution in [1.29, 1.82) is 0 Å². The third kappa shape index (κ3) is 13.3. The smallest absolute Gasteiger partial charge is 0.489 e. The van der Waals surface area contributed by atoms with Crippen LogP contribution in [0.1, 0.15) is 74.5 Å². The molecule has 4 aromatic heterocycles. The number of rotatable bonds is 15. The highest BCUT2D eigenvalue weighted by molar-refractivity contribution is 7.17. The summed E-state index contributed by atoms with van der Waals surface area (Å²) >= 11 is 1.62. The molecule has 1 aliphatic carbocycles. The van der Waals surface area contributed by atoms with Gasteiger partial charge in [0.05, 0.1) is 34.4 Å². The molecule has 0 bridgehead atoms. The summed E-state index contributed by atoms with van der Waals surface area (Å²) in [4.78, 5) is 75.7. The van der Waals surface area contributed by atoms with Gasteiger partial charge in [0.15, 0.2) is 17.4 Å². The van der Waals surface area contributed by atoms with Crippen molar-refractivity contribution in [3.05, 3.63) is 71.1 Å². The van der Waals surface area contributed by atoms with Crippen LogP contribution in [0.2, 0.25) is 0 Å². The number of piperazine rings is 1. The fourth-order valence-corrected chi connectivity index (χ4v) is 10.8. The summed E-state index contributed by atoms with van der Waals surface area (Å²) < 4.78 is 110. The van der Waals surface area contributed by atoms with E-state index in [0.29, 0.717) is 37.6 Å². The number of likely N-dealkylation sites (tertiary alicyclic amines) is 2. The van der Waals surface area contributed by atoms with Crippen LogP contribution < -0.4 is 20.1 Å². The molecule has 3 saturated heterocycles. The summed E-state index contributed by atoms with van der Waals surface area (Å²) in [7, 11) is 1.60. The number of pyridine rings is 1. The average Bonchev–Trinajstić information content (AvgIpc) is 4.24. The number of benzene rings is 1. The second-order valence-corrected chi connectivity index (χ2v) is 20.3. The van der Waals surface area contributed by atoms with Crippen LogP contribution in [0.5, 0.6) is 11.6 Å². The minimum absolute atomic E-state index is 0.0462. The molecule has 1 aromatic carbocycles. The van der Waals surface area contributed by atoms with Crippen LogP contribution in [0, 0.1) is 17.6 Å². The number of piperidine rings is 1. The molecule has 9 rings (SSSR count). The maximum atomic E-state index is 14.8. The number of thiophene rings is 1. The highest BCUT2D eigenvalue weighted by Gasteiger charge is 2.43. The van der Waals surface area contributed by atoms with E-state index in [2.05, 4.69) is 25.7 Å². The first-order valence-electron chi connectivity index (χ1n) is 25.0. The molecule has 0 radical (unpaired) electrons. The number of nitrogens with zero attached hydrogens (tertiary/aromatic N) is 7. The third-order valence-corrected chi connectivity index (χ3v) is 15.3. The number of nitrogens with one attached hydrogen (secondary N) is 2. The molecule has 76 heavy (non-hydrogen) atoms. The van der Waals surface area contributed by atoms with Crippen LogP contribution in [0.4, 0.5) is 30.7 Å². The topological polar surface area (TPSA) is 205 Å². The van der Waals surface area contributed by atoms with Gasteiger partial charge in [0, 0.05) is 82.4 Å². The Hall–Kier alpha value is -6.54. The van der Waals surface area contributed by atoms with Gasteiger partial charge in [0.2, 0.25) is 23.6 Å². The predicted octanol–water partition coefficient (Wildman–Crippen LogP) is 6.47. The first kappa shape index (κ1) is 55.7. The second-order valence-electron chi connectivity index (χ2n) is 19.4. The van der Waals surface area contributed by atoms with E-state index in [4.69, 9.17) is 23.9 Å². The number of aliphatic carboxylic acids is 1. The molecule has 26 heteroatoms. The van der Waals surface area contributed by atoms with Crippen molar-refractivity contribution in [1.82, 2.24) is 44.9 Å². The number of carbonyl (C=O) groups excluding carboxylic acids is 4. The molecule has 412 valence electrons. The van der Waals surface area contributed by atoms with E-state index in [9.17, 15) is 49.9 Å². The summed E-state index contributed by atoms with van der Waals surface area (Å²) in [6, 6.07) is 7.09. The molecule has 0 unspecified atom stereocenters. The van der Waals surface area contributed by atoms with Crippen molar-refractivity contribution in [2.75, 3.05) is 59.5 Å². The van der Waals surface area contributed by atoms with Crippen LogP contribution in [-0.4, -0.2) is 165 Å². The lowest BCUT2D eigenvalue weighted by Crippen LogP contribution is -2.59. The summed E-state index contributed by atoms with van der Waals surface area (Å²) in [5, 5.41) is 19.1. The van der Waals surface area contributed by atoms with Gasteiger partial charge in [-0.05, 0) is 93.2 Å². The van der Waals surface area contributed by atoms with Gasteiger partial charge < -0.3 is 49.0 Å². The molecule has 1 saturated carbocycles. The van der Waals surface area contributed by atoms with Gasteiger partial charge in [-0.3, -0.25) is 29.1 Å². The van der Waals surface area contributed by atoms with Gasteiger partial charge in [0.25, 0.3) is 11.8 Å². The zero-order valence-corrected chi connectivity index (χ0v) is 42.4. The number of amides is 4. The van der Waals surface area contributed by atoms with Gasteiger partial charge in [0.1, 0.15) is 36.7 Å². The normalized spacial score (nSPS) is 19.5. The zero-order chi connectivity index (χ0) is 54.5. The minimum Gasteiger partial charge on any atom is -0.489 e. The van der Waals surface area contributed by atoms with Crippen molar-refractivity contribution in [2.24, 2.45) is 5.92 Å². The molecule has 0 spiro atoms. The van der Waals surface area contributed by atoms with Crippen molar-refractivity contribution >= 4 is 62.1 Å². The van der Waals surface area contributed by atoms with E-state index in [1.54, 1.807) is 42.5 Å². The molecule has 3 N–H and O–H groups in total. The Labute approximate surface area is 435 Å². The van der Waals surface area contributed by atoms with E-state index in [1.165, 1.54) is 20.4 Å². The molecule has 7 heterocycles. The molecule has 4 amide bonds. The van der Waals surface area contributed by atoms with Crippen LogP contribution in [0.25, 0.3) is 21.1 Å². The molecule has 4 fully saturated rings. The highest BCUT2D eigenvalue weighted by atomic mass is 32.1. The number of alkyl halides is 5. The predicted molar refractivity (Wildman–Crippen MR) is 261 cm³/mol. The number of hydrogen-bond acceptors (Lipinski definition) is 13. The Morgan fingerprint density at radius 1 is 0.921 bits per heavy atom. The number of ether oxygens (including phenoxy) is 2. The largest absolute Gasteiger partial charge is 0.490 e. The monoisotopic (exact) mass is 1090 g/mol.